The van der Waals surface area contributed by atoms with Crippen LogP contribution >= 0.6 is 24.0 Å². The molecule has 2 heterocycles. The summed E-state index contributed by atoms with van der Waals surface area (Å²) >= 11 is 6.92. The third-order valence-corrected chi connectivity index (χ3v) is 7.84. The summed E-state index contributed by atoms with van der Waals surface area (Å²) in [7, 11) is 0. The highest BCUT2D eigenvalue weighted by Crippen LogP contribution is 2.36. The molecule has 0 atom stereocenters. The van der Waals surface area contributed by atoms with Gasteiger partial charge in [-0.15, -0.1) is 0 Å². The van der Waals surface area contributed by atoms with E-state index in [2.05, 4.69) is 0 Å². The molecule has 0 radical (unpaired) electrons. The van der Waals surface area contributed by atoms with Gasteiger partial charge in [-0.1, -0.05) is 115 Å². The van der Waals surface area contributed by atoms with Gasteiger partial charge in [0, 0.05) is 17.3 Å². The Morgan fingerprint density at radius 3 is 2.23 bits per heavy atom. The first-order valence-electron chi connectivity index (χ1n) is 12.9. The van der Waals surface area contributed by atoms with Gasteiger partial charge in [0.1, 0.15) is 22.4 Å². The van der Waals surface area contributed by atoms with E-state index in [1.165, 1.54) is 11.8 Å². The number of thiocarbonyl (C=S) groups is 1. The quantitative estimate of drug-likeness (QED) is 0.145. The lowest BCUT2D eigenvalue weighted by molar-refractivity contribution is -0.122. The first-order valence-corrected chi connectivity index (χ1v) is 14.1. The minimum atomic E-state index is -0.0998. The molecule has 5 aromatic rings. The van der Waals surface area contributed by atoms with Gasteiger partial charge in [0.15, 0.2) is 0 Å². The van der Waals surface area contributed by atoms with Gasteiger partial charge in [0.2, 0.25) is 0 Å². The summed E-state index contributed by atoms with van der Waals surface area (Å²) in [5.74, 6) is 0.646. The first-order chi connectivity index (χ1) is 19.6. The molecule has 4 aromatic carbocycles. The van der Waals surface area contributed by atoms with E-state index in [9.17, 15) is 4.79 Å². The summed E-state index contributed by atoms with van der Waals surface area (Å²) in [6, 6.07) is 37.8. The van der Waals surface area contributed by atoms with Crippen LogP contribution in [0.5, 0.6) is 5.75 Å². The summed E-state index contributed by atoms with van der Waals surface area (Å²) in [6.07, 6.45) is 3.84. The second kappa shape index (κ2) is 11.7. The predicted molar refractivity (Wildman–Crippen MR) is 165 cm³/mol. The van der Waals surface area contributed by atoms with Crippen molar-refractivity contribution in [1.82, 2.24) is 14.7 Å². The van der Waals surface area contributed by atoms with Crippen molar-refractivity contribution >= 4 is 40.3 Å². The van der Waals surface area contributed by atoms with E-state index in [1.54, 1.807) is 4.90 Å². The zero-order chi connectivity index (χ0) is 27.3. The van der Waals surface area contributed by atoms with Gasteiger partial charge in [-0.25, -0.2) is 4.68 Å². The topological polar surface area (TPSA) is 47.4 Å². The molecule has 1 aliphatic heterocycles. The summed E-state index contributed by atoms with van der Waals surface area (Å²) in [5.41, 5.74) is 5.53. The molecule has 0 spiro atoms. The van der Waals surface area contributed by atoms with Crippen LogP contribution in [-0.2, 0) is 17.9 Å². The van der Waals surface area contributed by atoms with Gasteiger partial charge in [-0.2, -0.15) is 5.10 Å². The van der Waals surface area contributed by atoms with Gasteiger partial charge in [0.05, 0.1) is 17.1 Å². The number of benzene rings is 4. The number of rotatable bonds is 8. The van der Waals surface area contributed by atoms with Crippen LogP contribution in [0.3, 0.4) is 0 Å². The molecule has 7 heteroatoms. The number of thioether (sulfide) groups is 1. The monoisotopic (exact) mass is 559 g/mol. The van der Waals surface area contributed by atoms with Crippen molar-refractivity contribution in [1.29, 1.82) is 0 Å². The lowest BCUT2D eigenvalue weighted by atomic mass is 10.1. The van der Waals surface area contributed by atoms with Crippen molar-refractivity contribution < 1.29 is 9.53 Å². The molecule has 1 amide bonds. The molecular weight excluding hydrogens is 535 g/mol. The lowest BCUT2D eigenvalue weighted by Gasteiger charge is -2.14. The molecule has 0 bridgehead atoms. The summed E-state index contributed by atoms with van der Waals surface area (Å²) in [6.45, 7) is 0.916. The Hall–Kier alpha value is -4.46. The second-order valence-electron chi connectivity index (χ2n) is 9.27. The number of carbonyl (C=O) groups is 1. The van der Waals surface area contributed by atoms with Crippen LogP contribution in [-0.4, -0.2) is 24.9 Å². The van der Waals surface area contributed by atoms with E-state index < -0.39 is 0 Å². The largest absolute Gasteiger partial charge is 0.489 e. The molecule has 196 valence electrons. The maximum Gasteiger partial charge on any atom is 0.266 e. The fourth-order valence-electron chi connectivity index (χ4n) is 4.45. The molecule has 0 N–H and O–H groups in total. The number of aromatic nitrogens is 2. The van der Waals surface area contributed by atoms with Crippen molar-refractivity contribution in [3.8, 4) is 22.7 Å². The van der Waals surface area contributed by atoms with E-state index in [0.717, 1.165) is 39.4 Å². The Kier molecular flexibility index (Phi) is 7.57. The molecule has 0 saturated carbocycles. The minimum absolute atomic E-state index is 0.0998. The van der Waals surface area contributed by atoms with Crippen LogP contribution < -0.4 is 4.74 Å². The Morgan fingerprint density at radius 1 is 0.825 bits per heavy atom. The van der Waals surface area contributed by atoms with Crippen LogP contribution in [0.15, 0.2) is 126 Å². The third-order valence-electron chi connectivity index (χ3n) is 6.46. The zero-order valence-corrected chi connectivity index (χ0v) is 23.1. The van der Waals surface area contributed by atoms with Crippen LogP contribution in [0.4, 0.5) is 0 Å². The number of nitrogens with zero attached hydrogens (tertiary/aromatic N) is 3. The standard InChI is InChI=1S/C33H25N3O2S2/c37-32-30(40-33(39)35(32)21-24-11-4-1-5-12-24)20-27-22-36(28-16-8-3-9-17-28)34-31(27)26-15-10-18-29(19-26)38-23-25-13-6-2-7-14-25/h1-20,22H,21,23H2. The predicted octanol–water partition coefficient (Wildman–Crippen LogP) is 7.52. The number of hydrogen-bond acceptors (Lipinski definition) is 5. The maximum absolute atomic E-state index is 13.4. The number of carbonyl (C=O) groups excluding carboxylic acids is 1. The van der Waals surface area contributed by atoms with Crippen LogP contribution in [0.2, 0.25) is 0 Å². The van der Waals surface area contributed by atoms with Gasteiger partial charge in [-0.05, 0) is 41.5 Å². The second-order valence-corrected chi connectivity index (χ2v) is 10.9. The summed E-state index contributed by atoms with van der Waals surface area (Å²) in [4.78, 5) is 15.7. The van der Waals surface area contributed by atoms with Crippen molar-refractivity contribution in [2.45, 2.75) is 13.2 Å². The van der Waals surface area contributed by atoms with Crippen molar-refractivity contribution in [2.75, 3.05) is 0 Å². The molecule has 1 saturated heterocycles. The first kappa shape index (κ1) is 25.8. The molecule has 1 aliphatic rings. The minimum Gasteiger partial charge on any atom is -0.489 e. The highest BCUT2D eigenvalue weighted by atomic mass is 32.2. The van der Waals surface area contributed by atoms with Crippen LogP contribution in [0.25, 0.3) is 23.0 Å². The SMILES string of the molecule is O=C1C(=Cc2cn(-c3ccccc3)nc2-c2cccc(OCc3ccccc3)c2)SC(=S)N1Cc1ccccc1. The number of amides is 1. The Bertz CT molecular complexity index is 1680. The molecule has 6 rings (SSSR count). The molecular formula is C33H25N3O2S2. The van der Waals surface area contributed by atoms with Gasteiger partial charge in [0.25, 0.3) is 5.91 Å². The van der Waals surface area contributed by atoms with E-state index in [0.29, 0.717) is 22.4 Å². The highest BCUT2D eigenvalue weighted by Gasteiger charge is 2.32. The Labute approximate surface area is 242 Å². The van der Waals surface area contributed by atoms with E-state index >= 15 is 0 Å². The van der Waals surface area contributed by atoms with Gasteiger partial charge in [-0.3, -0.25) is 9.69 Å². The normalized spacial score (nSPS) is 14.2. The molecule has 1 fully saturated rings. The maximum atomic E-state index is 13.4. The van der Waals surface area contributed by atoms with E-state index in [4.69, 9.17) is 22.1 Å². The zero-order valence-electron chi connectivity index (χ0n) is 21.5. The fourth-order valence-corrected chi connectivity index (χ4v) is 5.69. The van der Waals surface area contributed by atoms with Crippen molar-refractivity contribution in [3.63, 3.8) is 0 Å². The van der Waals surface area contributed by atoms with Gasteiger partial charge < -0.3 is 4.74 Å². The van der Waals surface area contributed by atoms with Crippen molar-refractivity contribution in [3.05, 3.63) is 143 Å². The van der Waals surface area contributed by atoms with Gasteiger partial charge >= 0.3 is 0 Å². The third kappa shape index (κ3) is 5.76. The Balaban J connectivity index is 1.33. The summed E-state index contributed by atoms with van der Waals surface area (Å²) < 4.78 is 8.47. The van der Waals surface area contributed by atoms with E-state index in [1.807, 2.05) is 132 Å². The number of hydrogen-bond donors (Lipinski definition) is 0. The average Bonchev–Trinajstić information content (AvgIpc) is 3.54. The molecule has 0 aliphatic carbocycles. The Morgan fingerprint density at radius 2 is 1.50 bits per heavy atom. The van der Waals surface area contributed by atoms with Crippen molar-refractivity contribution in [2.24, 2.45) is 0 Å². The molecule has 40 heavy (non-hydrogen) atoms. The smallest absolute Gasteiger partial charge is 0.266 e. The number of ether oxygens (including phenoxy) is 1. The number of para-hydroxylation sites is 1. The van der Waals surface area contributed by atoms with E-state index in [-0.39, 0.29) is 5.91 Å². The average molecular weight is 560 g/mol. The fraction of sp³-hybridized carbons (Fsp3) is 0.0606. The molecule has 0 unspecified atom stereocenters. The molecule has 1 aromatic heterocycles. The highest BCUT2D eigenvalue weighted by molar-refractivity contribution is 8.26. The molecule has 5 nitrogen and oxygen atoms in total. The lowest BCUT2D eigenvalue weighted by Crippen LogP contribution is -2.27. The van der Waals surface area contributed by atoms with Crippen LogP contribution in [0.1, 0.15) is 16.7 Å². The van der Waals surface area contributed by atoms with Crippen LogP contribution in [0, 0.1) is 0 Å². The summed E-state index contributed by atoms with van der Waals surface area (Å²) in [5, 5.41) is 4.93.